The largest absolute Gasteiger partial charge is 0.493 e. The maximum absolute atomic E-state index is 13.8. The van der Waals surface area contributed by atoms with Gasteiger partial charge in [0.25, 0.3) is 5.91 Å². The van der Waals surface area contributed by atoms with Crippen molar-refractivity contribution < 1.29 is 22.2 Å². The minimum atomic E-state index is -2.07. The minimum absolute atomic E-state index is 0.126. The first kappa shape index (κ1) is 23.0. The minimum Gasteiger partial charge on any atom is -0.493 e. The van der Waals surface area contributed by atoms with Crippen LogP contribution in [0, 0.1) is 0 Å². The number of fused-ring (bicyclic) bond motifs is 1. The molecule has 5 rings (SSSR count). The van der Waals surface area contributed by atoms with Crippen molar-refractivity contribution in [2.75, 3.05) is 6.61 Å². The summed E-state index contributed by atoms with van der Waals surface area (Å²) < 4.78 is 24.1. The van der Waals surface area contributed by atoms with Gasteiger partial charge in [-0.15, -0.1) is 0 Å². The molecule has 0 saturated heterocycles. The zero-order chi connectivity index (χ0) is 28.1. The molecular weight excluding hydrogens is 474 g/mol. The van der Waals surface area contributed by atoms with E-state index in [4.69, 9.17) is 12.6 Å². The summed E-state index contributed by atoms with van der Waals surface area (Å²) in [6.07, 6.45) is 3.59. The molecule has 38 heavy (non-hydrogen) atoms. The number of nitrogens with zero attached hydrogens (tertiary/aromatic N) is 1. The summed E-state index contributed by atoms with van der Waals surface area (Å²) in [7, 11) is 0. The number of benzene rings is 4. The van der Waals surface area contributed by atoms with Gasteiger partial charge in [-0.2, -0.15) is 0 Å². The van der Waals surface area contributed by atoms with Crippen molar-refractivity contribution in [2.24, 2.45) is 0 Å². The Morgan fingerprint density at radius 1 is 0.842 bits per heavy atom. The van der Waals surface area contributed by atoms with Gasteiger partial charge >= 0.3 is 5.97 Å². The molecule has 0 spiro atoms. The topological polar surface area (TPSA) is 66.8 Å². The fourth-order valence-corrected chi connectivity index (χ4v) is 4.51. The maximum Gasteiger partial charge on any atom is 0.303 e. The van der Waals surface area contributed by atoms with Gasteiger partial charge in [0.05, 0.1) is 9.35 Å². The van der Waals surface area contributed by atoms with Crippen LogP contribution in [-0.4, -0.2) is 34.5 Å². The molecule has 0 radical (unpaired) electrons. The molecule has 194 valence electrons. The molecule has 0 atom stereocenters. The first-order valence-electron chi connectivity index (χ1n) is 14.2. The highest BCUT2D eigenvalue weighted by molar-refractivity contribution is 5.95. The number of carbonyl (C=O) groups excluding carboxylic acids is 1. The molecule has 0 aromatic heterocycles. The molecule has 1 aliphatic rings. The number of aliphatic carboxylic acids is 1. The third kappa shape index (κ3) is 6.41. The fraction of sp³-hybridized carbons (Fsp3) is 0.273. The lowest BCUT2D eigenvalue weighted by molar-refractivity contribution is -0.137. The molecule has 4 aromatic rings. The zero-order valence-electron chi connectivity index (χ0n) is 23.3. The Kier molecular flexibility index (Phi) is 7.24. The summed E-state index contributed by atoms with van der Waals surface area (Å²) in [5.74, 6) is -0.760. The van der Waals surface area contributed by atoms with Crippen LogP contribution in [0.15, 0.2) is 91.0 Å². The number of unbranched alkanes of at least 4 members (excludes halogenated alkanes) is 2. The van der Waals surface area contributed by atoms with E-state index in [0.717, 1.165) is 29.4 Å². The summed E-state index contributed by atoms with van der Waals surface area (Å²) in [4.78, 5) is 25.8. The van der Waals surface area contributed by atoms with Gasteiger partial charge in [-0.05, 0) is 78.3 Å². The maximum atomic E-state index is 13.8. The van der Waals surface area contributed by atoms with E-state index in [1.807, 2.05) is 24.3 Å². The number of ether oxygens (including phenoxy) is 1. The Balaban J connectivity index is 1.33. The van der Waals surface area contributed by atoms with Crippen LogP contribution < -0.4 is 4.74 Å². The van der Waals surface area contributed by atoms with Crippen molar-refractivity contribution in [2.45, 2.75) is 51.1 Å². The second-order valence-electron chi connectivity index (χ2n) is 9.71. The molecule has 0 unspecified atom stereocenters. The Bertz CT molecular complexity index is 1500. The van der Waals surface area contributed by atoms with Crippen LogP contribution in [0.5, 0.6) is 5.75 Å². The fourth-order valence-electron chi connectivity index (χ4n) is 4.51. The lowest BCUT2D eigenvalue weighted by Crippen LogP contribution is -2.32. The van der Waals surface area contributed by atoms with Crippen molar-refractivity contribution in [3.8, 4) is 16.9 Å². The highest BCUT2D eigenvalue weighted by Gasteiger charge is 2.33. The van der Waals surface area contributed by atoms with Crippen LogP contribution >= 0.6 is 0 Å². The Morgan fingerprint density at radius 2 is 1.55 bits per heavy atom. The first-order valence-corrected chi connectivity index (χ1v) is 13.2. The van der Waals surface area contributed by atoms with E-state index in [2.05, 4.69) is 30.3 Å². The van der Waals surface area contributed by atoms with Crippen LogP contribution in [0.4, 0.5) is 0 Å². The quantitative estimate of drug-likeness (QED) is 0.203. The number of carboxylic acids is 1. The number of hydrogen-bond donors (Lipinski definition) is 1. The van der Waals surface area contributed by atoms with Gasteiger partial charge in [0.15, 0.2) is 0 Å². The average molecular weight is 510 g/mol. The lowest BCUT2D eigenvalue weighted by atomic mass is 10.00. The number of amides is 1. The van der Waals surface area contributed by atoms with Crippen LogP contribution in [-0.2, 0) is 11.3 Å². The number of para-hydroxylation sites is 1. The first-order chi connectivity index (χ1) is 19.3. The predicted octanol–water partition coefficient (Wildman–Crippen LogP) is 7.34. The van der Waals surface area contributed by atoms with Crippen LogP contribution in [0.1, 0.15) is 57.2 Å². The summed E-state index contributed by atoms with van der Waals surface area (Å²) in [6.45, 7) is -1.73. The molecule has 4 aromatic carbocycles. The number of rotatable bonds is 12. The van der Waals surface area contributed by atoms with Gasteiger partial charge in [0.1, 0.15) is 5.75 Å². The van der Waals surface area contributed by atoms with Gasteiger partial charge in [-0.3, -0.25) is 9.59 Å². The van der Waals surface area contributed by atoms with E-state index in [-0.39, 0.29) is 18.4 Å². The van der Waals surface area contributed by atoms with Crippen LogP contribution in [0.2, 0.25) is 0 Å². The van der Waals surface area contributed by atoms with Gasteiger partial charge in [0.2, 0.25) is 0 Å². The smallest absolute Gasteiger partial charge is 0.303 e. The number of hydrogen-bond acceptors (Lipinski definition) is 3. The SMILES string of the molecule is [2H]C([2H])(c1ccccc1OCCCCCC(=O)O)N(C(=O)c1ccc(-c2ccc3ccccc3c2)cc1)C1CC1. The van der Waals surface area contributed by atoms with Crippen molar-refractivity contribution in [1.82, 2.24) is 4.90 Å². The van der Waals surface area contributed by atoms with E-state index < -0.39 is 12.5 Å². The van der Waals surface area contributed by atoms with Gasteiger partial charge in [-0.25, -0.2) is 0 Å². The molecule has 1 saturated carbocycles. The van der Waals surface area contributed by atoms with Crippen molar-refractivity contribution >= 4 is 22.6 Å². The normalized spacial score (nSPS) is 14.0. The average Bonchev–Trinajstić information content (AvgIpc) is 3.79. The Morgan fingerprint density at radius 3 is 2.32 bits per heavy atom. The monoisotopic (exact) mass is 509 g/mol. The lowest BCUT2D eigenvalue weighted by Gasteiger charge is -2.24. The summed E-state index contributed by atoms with van der Waals surface area (Å²) >= 11 is 0. The Hall–Kier alpha value is -4.12. The van der Waals surface area contributed by atoms with E-state index in [1.165, 1.54) is 10.3 Å². The molecule has 0 heterocycles. The summed E-state index contributed by atoms with van der Waals surface area (Å²) in [5.41, 5.74) is 2.80. The third-order valence-electron chi connectivity index (χ3n) is 6.77. The molecule has 1 aliphatic carbocycles. The van der Waals surface area contributed by atoms with Crippen LogP contribution in [0.25, 0.3) is 21.9 Å². The highest BCUT2D eigenvalue weighted by Crippen LogP contribution is 2.32. The third-order valence-corrected chi connectivity index (χ3v) is 6.77. The van der Waals surface area contributed by atoms with Gasteiger partial charge in [0, 0.05) is 30.1 Å². The van der Waals surface area contributed by atoms with E-state index in [0.29, 0.717) is 42.7 Å². The molecule has 5 nitrogen and oxygen atoms in total. The van der Waals surface area contributed by atoms with E-state index >= 15 is 0 Å². The van der Waals surface area contributed by atoms with E-state index in [1.54, 1.807) is 36.4 Å². The molecule has 1 N–H and O–H groups in total. The molecular formula is C33H33NO4. The second kappa shape index (κ2) is 12.0. The Labute approximate surface area is 226 Å². The molecule has 0 bridgehead atoms. The second-order valence-corrected chi connectivity index (χ2v) is 9.71. The zero-order valence-corrected chi connectivity index (χ0v) is 21.3. The van der Waals surface area contributed by atoms with Crippen molar-refractivity contribution in [3.05, 3.63) is 102 Å². The van der Waals surface area contributed by atoms with Crippen molar-refractivity contribution in [1.29, 1.82) is 0 Å². The number of carboxylic acid groups (broad SMARTS) is 1. The predicted molar refractivity (Wildman–Crippen MR) is 150 cm³/mol. The van der Waals surface area contributed by atoms with E-state index in [9.17, 15) is 9.59 Å². The highest BCUT2D eigenvalue weighted by atomic mass is 16.5. The molecule has 0 aliphatic heterocycles. The van der Waals surface area contributed by atoms with Crippen LogP contribution in [0.3, 0.4) is 0 Å². The molecule has 1 amide bonds. The summed E-state index contributed by atoms with van der Waals surface area (Å²) in [6, 6.07) is 28.6. The van der Waals surface area contributed by atoms with Gasteiger partial charge < -0.3 is 14.7 Å². The van der Waals surface area contributed by atoms with Gasteiger partial charge in [-0.1, -0.05) is 66.7 Å². The van der Waals surface area contributed by atoms with Crippen molar-refractivity contribution in [3.63, 3.8) is 0 Å². The standard InChI is InChI=1S/C33H33NO4/c35-32(36)12-2-1-7-21-38-31-11-6-5-10-29(31)23-34(30-19-20-30)33(37)26-16-13-25(14-17-26)28-18-15-24-8-3-4-9-27(24)22-28/h3-6,8-11,13-18,22,30H,1-2,7,12,19-21,23H2,(H,35,36)/i23D2. The number of carbonyl (C=O) groups is 2. The summed E-state index contributed by atoms with van der Waals surface area (Å²) in [5, 5.41) is 11.1. The molecule has 1 fully saturated rings. The molecule has 5 heteroatoms.